The molecule has 146 valence electrons. The van der Waals surface area contributed by atoms with Gasteiger partial charge in [-0.3, -0.25) is 4.79 Å². The molecular formula is C19H27N5O2S. The number of hydrogen-bond acceptors (Lipinski definition) is 6. The monoisotopic (exact) mass is 389 g/mol. The number of aromatic nitrogens is 3. The van der Waals surface area contributed by atoms with Crippen molar-refractivity contribution in [2.75, 3.05) is 12.4 Å². The number of nitrogen functional groups attached to an aromatic ring is 1. The Hall–Kier alpha value is -2.22. The highest BCUT2D eigenvalue weighted by Crippen LogP contribution is 2.26. The van der Waals surface area contributed by atoms with Crippen molar-refractivity contribution in [2.24, 2.45) is 0 Å². The largest absolute Gasteiger partial charge is 0.494 e. The summed E-state index contributed by atoms with van der Waals surface area (Å²) in [6, 6.07) is 7.84. The topological polar surface area (TPSA) is 95.1 Å². The Labute approximate surface area is 164 Å². The normalized spacial score (nSPS) is 16.1. The lowest BCUT2D eigenvalue weighted by Crippen LogP contribution is -2.40. The van der Waals surface area contributed by atoms with Crippen molar-refractivity contribution in [1.29, 1.82) is 0 Å². The van der Waals surface area contributed by atoms with Crippen LogP contribution in [0.1, 0.15) is 46.0 Å². The van der Waals surface area contributed by atoms with E-state index in [9.17, 15) is 4.79 Å². The van der Waals surface area contributed by atoms with E-state index in [-0.39, 0.29) is 11.2 Å². The summed E-state index contributed by atoms with van der Waals surface area (Å²) in [4.78, 5) is 12.5. The average molecular weight is 390 g/mol. The molecule has 0 unspecified atom stereocenters. The SMILES string of the molecule is CCOc1ccc(-c2nnc(S[C@H](C)C(=O)NC3CCCCC3)n2N)cc1. The van der Waals surface area contributed by atoms with Crippen molar-refractivity contribution < 1.29 is 9.53 Å². The molecule has 1 aliphatic rings. The number of carbonyl (C=O) groups is 1. The fourth-order valence-corrected chi connectivity index (χ4v) is 3.98. The Morgan fingerprint density at radius 1 is 1.30 bits per heavy atom. The highest BCUT2D eigenvalue weighted by molar-refractivity contribution is 8.00. The van der Waals surface area contributed by atoms with Gasteiger partial charge in [0.25, 0.3) is 0 Å². The maximum Gasteiger partial charge on any atom is 0.233 e. The molecule has 0 bridgehead atoms. The Kier molecular flexibility index (Phi) is 6.60. The van der Waals surface area contributed by atoms with E-state index < -0.39 is 0 Å². The van der Waals surface area contributed by atoms with Crippen LogP contribution in [0.4, 0.5) is 0 Å². The molecule has 1 aliphatic carbocycles. The van der Waals surface area contributed by atoms with E-state index >= 15 is 0 Å². The van der Waals surface area contributed by atoms with Gasteiger partial charge in [-0.15, -0.1) is 10.2 Å². The summed E-state index contributed by atoms with van der Waals surface area (Å²) in [6.07, 6.45) is 5.78. The molecule has 1 saturated carbocycles. The van der Waals surface area contributed by atoms with Gasteiger partial charge in [0.1, 0.15) is 5.75 Å². The second-order valence-electron chi connectivity index (χ2n) is 6.74. The summed E-state index contributed by atoms with van der Waals surface area (Å²) in [7, 11) is 0. The van der Waals surface area contributed by atoms with Crippen LogP contribution in [0.3, 0.4) is 0 Å². The van der Waals surface area contributed by atoms with E-state index in [1.165, 1.54) is 35.7 Å². The fourth-order valence-electron chi connectivity index (χ4n) is 3.20. The third-order valence-corrected chi connectivity index (χ3v) is 5.75. The number of ether oxygens (including phenoxy) is 1. The summed E-state index contributed by atoms with van der Waals surface area (Å²) in [5, 5.41) is 11.7. The van der Waals surface area contributed by atoms with Gasteiger partial charge < -0.3 is 15.9 Å². The molecule has 1 fully saturated rings. The number of rotatable bonds is 7. The van der Waals surface area contributed by atoms with E-state index in [4.69, 9.17) is 10.6 Å². The lowest BCUT2D eigenvalue weighted by molar-refractivity contribution is -0.121. The third kappa shape index (κ3) is 4.94. The zero-order chi connectivity index (χ0) is 19.2. The smallest absolute Gasteiger partial charge is 0.233 e. The van der Waals surface area contributed by atoms with E-state index in [0.29, 0.717) is 23.6 Å². The number of carbonyl (C=O) groups excluding carboxylic acids is 1. The molecule has 0 aliphatic heterocycles. The second-order valence-corrected chi connectivity index (χ2v) is 8.05. The molecule has 27 heavy (non-hydrogen) atoms. The summed E-state index contributed by atoms with van der Waals surface area (Å²) in [5.74, 6) is 7.55. The number of nitrogens with two attached hydrogens (primary N) is 1. The standard InChI is InChI=1S/C19H27N5O2S/c1-3-26-16-11-9-14(10-12-16)17-22-23-19(24(17)20)27-13(2)18(25)21-15-7-5-4-6-8-15/h9-13,15H,3-8,20H2,1-2H3,(H,21,25)/t13-/m1/s1. The summed E-state index contributed by atoms with van der Waals surface area (Å²) in [6.45, 7) is 4.43. The molecule has 1 atom stereocenters. The van der Waals surface area contributed by atoms with E-state index in [0.717, 1.165) is 24.2 Å². The molecule has 8 heteroatoms. The van der Waals surface area contributed by atoms with Crippen LogP contribution in [0.5, 0.6) is 5.75 Å². The molecule has 7 nitrogen and oxygen atoms in total. The van der Waals surface area contributed by atoms with Gasteiger partial charge in [0.15, 0.2) is 5.82 Å². The lowest BCUT2D eigenvalue weighted by Gasteiger charge is -2.24. The number of nitrogens with zero attached hydrogens (tertiary/aromatic N) is 3. The molecule has 1 heterocycles. The predicted octanol–water partition coefficient (Wildman–Crippen LogP) is 2.99. The molecule has 1 aromatic carbocycles. The Bertz CT molecular complexity index is 756. The van der Waals surface area contributed by atoms with Crippen LogP contribution in [0, 0.1) is 0 Å². The maximum absolute atomic E-state index is 12.5. The zero-order valence-corrected chi connectivity index (χ0v) is 16.7. The van der Waals surface area contributed by atoms with E-state index in [1.807, 2.05) is 38.1 Å². The van der Waals surface area contributed by atoms with Gasteiger partial charge in [-0.2, -0.15) is 0 Å². The van der Waals surface area contributed by atoms with Crippen LogP contribution < -0.4 is 15.9 Å². The van der Waals surface area contributed by atoms with Crippen LogP contribution in [0.2, 0.25) is 0 Å². The molecule has 0 radical (unpaired) electrons. The lowest BCUT2D eigenvalue weighted by atomic mass is 9.95. The molecule has 0 saturated heterocycles. The van der Waals surface area contributed by atoms with Crippen LogP contribution >= 0.6 is 11.8 Å². The van der Waals surface area contributed by atoms with E-state index in [2.05, 4.69) is 15.5 Å². The van der Waals surface area contributed by atoms with Gasteiger partial charge in [0.05, 0.1) is 11.9 Å². The molecule has 1 aromatic heterocycles. The minimum absolute atomic E-state index is 0.0255. The summed E-state index contributed by atoms with van der Waals surface area (Å²) < 4.78 is 6.89. The van der Waals surface area contributed by atoms with Crippen molar-refractivity contribution in [3.05, 3.63) is 24.3 Å². The van der Waals surface area contributed by atoms with Crippen LogP contribution in [-0.2, 0) is 4.79 Å². The highest BCUT2D eigenvalue weighted by atomic mass is 32.2. The number of nitrogens with one attached hydrogen (secondary N) is 1. The molecular weight excluding hydrogens is 362 g/mol. The van der Waals surface area contributed by atoms with Crippen molar-refractivity contribution in [2.45, 2.75) is 62.4 Å². The first-order valence-corrected chi connectivity index (χ1v) is 10.4. The van der Waals surface area contributed by atoms with Gasteiger partial charge in [0, 0.05) is 11.6 Å². The van der Waals surface area contributed by atoms with E-state index in [1.54, 1.807) is 0 Å². The van der Waals surface area contributed by atoms with Crippen molar-refractivity contribution >= 4 is 17.7 Å². The first kappa shape index (κ1) is 19.5. The third-order valence-electron chi connectivity index (χ3n) is 4.69. The van der Waals surface area contributed by atoms with Gasteiger partial charge in [-0.05, 0) is 51.0 Å². The van der Waals surface area contributed by atoms with Gasteiger partial charge in [-0.1, -0.05) is 31.0 Å². The maximum atomic E-state index is 12.5. The van der Waals surface area contributed by atoms with Crippen LogP contribution in [0.25, 0.3) is 11.4 Å². The number of thioether (sulfide) groups is 1. The molecule has 3 rings (SSSR count). The molecule has 1 amide bonds. The number of benzene rings is 1. The van der Waals surface area contributed by atoms with Gasteiger partial charge in [-0.25, -0.2) is 4.68 Å². The minimum Gasteiger partial charge on any atom is -0.494 e. The Balaban J connectivity index is 1.63. The van der Waals surface area contributed by atoms with Gasteiger partial charge >= 0.3 is 0 Å². The molecule has 3 N–H and O–H groups in total. The van der Waals surface area contributed by atoms with Gasteiger partial charge in [0.2, 0.25) is 11.1 Å². The first-order valence-electron chi connectivity index (χ1n) is 9.49. The van der Waals surface area contributed by atoms with Crippen molar-refractivity contribution in [1.82, 2.24) is 20.2 Å². The molecule has 0 spiro atoms. The quantitative estimate of drug-likeness (QED) is 0.558. The van der Waals surface area contributed by atoms with Crippen molar-refractivity contribution in [3.63, 3.8) is 0 Å². The summed E-state index contributed by atoms with van der Waals surface area (Å²) in [5.41, 5.74) is 0.847. The highest BCUT2D eigenvalue weighted by Gasteiger charge is 2.23. The predicted molar refractivity (Wildman–Crippen MR) is 107 cm³/mol. The number of hydrogen-bond donors (Lipinski definition) is 2. The molecule has 2 aromatic rings. The van der Waals surface area contributed by atoms with Crippen LogP contribution in [0.15, 0.2) is 29.4 Å². The summed E-state index contributed by atoms with van der Waals surface area (Å²) >= 11 is 1.32. The zero-order valence-electron chi connectivity index (χ0n) is 15.9. The second kappa shape index (κ2) is 9.12. The minimum atomic E-state index is -0.286. The van der Waals surface area contributed by atoms with Crippen molar-refractivity contribution in [3.8, 4) is 17.1 Å². The van der Waals surface area contributed by atoms with Crippen LogP contribution in [-0.4, -0.2) is 38.7 Å². The fraction of sp³-hybridized carbons (Fsp3) is 0.526. The Morgan fingerprint density at radius 2 is 2.00 bits per heavy atom. The average Bonchev–Trinajstić information content (AvgIpc) is 3.04. The Morgan fingerprint density at radius 3 is 2.67 bits per heavy atom. The first-order chi connectivity index (χ1) is 13.1. The number of amides is 1.